The molecule has 0 aliphatic heterocycles. The molecule has 0 fully saturated rings. The van der Waals surface area contributed by atoms with E-state index in [-0.39, 0.29) is 40.6 Å². The van der Waals surface area contributed by atoms with E-state index in [1.165, 1.54) is 32.4 Å². The SMILES string of the molecule is CCOC(=O)c1c2c(n(C)c1C)C(=Nc1ccc(OC)cc1[N+](=O)[O-])C=C(OC)C2=O. The predicted octanol–water partition coefficient (Wildman–Crippen LogP) is 3.27. The minimum absolute atomic E-state index is 0.0430. The number of carbonyl (C=O) groups excluding carboxylic acids is 2. The summed E-state index contributed by atoms with van der Waals surface area (Å²) in [6.45, 7) is 3.49. The van der Waals surface area contributed by atoms with Crippen molar-refractivity contribution in [3.63, 3.8) is 0 Å². The van der Waals surface area contributed by atoms with Crippen molar-refractivity contribution >= 4 is 28.8 Å². The highest BCUT2D eigenvalue weighted by Crippen LogP contribution is 2.35. The van der Waals surface area contributed by atoms with Crippen molar-refractivity contribution < 1.29 is 28.7 Å². The quantitative estimate of drug-likeness (QED) is 0.394. The summed E-state index contributed by atoms with van der Waals surface area (Å²) in [5.74, 6) is -0.870. The lowest BCUT2D eigenvalue weighted by Crippen LogP contribution is -2.21. The van der Waals surface area contributed by atoms with Crippen molar-refractivity contribution in [3.8, 4) is 5.75 Å². The average molecular weight is 427 g/mol. The number of hydrogen-bond donors (Lipinski definition) is 0. The average Bonchev–Trinajstić information content (AvgIpc) is 3.01. The van der Waals surface area contributed by atoms with Crippen LogP contribution < -0.4 is 4.74 Å². The third kappa shape index (κ3) is 3.67. The van der Waals surface area contributed by atoms with E-state index in [0.717, 1.165) is 0 Å². The van der Waals surface area contributed by atoms with Gasteiger partial charge in [0.15, 0.2) is 5.76 Å². The van der Waals surface area contributed by atoms with Crippen molar-refractivity contribution in [2.75, 3.05) is 20.8 Å². The summed E-state index contributed by atoms with van der Waals surface area (Å²) in [7, 11) is 4.40. The molecular weight excluding hydrogens is 406 g/mol. The lowest BCUT2D eigenvalue weighted by atomic mass is 9.95. The highest BCUT2D eigenvalue weighted by Gasteiger charge is 2.36. The summed E-state index contributed by atoms with van der Waals surface area (Å²) in [5, 5.41) is 11.6. The molecule has 0 saturated carbocycles. The maximum absolute atomic E-state index is 13.0. The number of Topliss-reactive ketones (excluding diaryl/α,β-unsaturated/α-hetero) is 1. The third-order valence-corrected chi connectivity index (χ3v) is 4.97. The maximum Gasteiger partial charge on any atom is 0.340 e. The predicted molar refractivity (Wildman–Crippen MR) is 111 cm³/mol. The van der Waals surface area contributed by atoms with E-state index in [1.54, 1.807) is 31.5 Å². The number of allylic oxidation sites excluding steroid dienone is 2. The highest BCUT2D eigenvalue weighted by atomic mass is 16.6. The van der Waals surface area contributed by atoms with Crippen molar-refractivity contribution in [2.24, 2.45) is 12.0 Å². The molecule has 1 aromatic carbocycles. The Morgan fingerprint density at radius 2 is 1.97 bits per heavy atom. The van der Waals surface area contributed by atoms with Gasteiger partial charge in [-0.15, -0.1) is 0 Å². The number of hydrogen-bond acceptors (Lipinski definition) is 8. The first-order chi connectivity index (χ1) is 14.7. The number of rotatable bonds is 6. The minimum Gasteiger partial charge on any atom is -0.496 e. The van der Waals surface area contributed by atoms with E-state index in [9.17, 15) is 19.7 Å². The summed E-state index contributed by atoms with van der Waals surface area (Å²) in [6.07, 6.45) is 1.40. The zero-order valence-electron chi connectivity index (χ0n) is 17.7. The van der Waals surface area contributed by atoms with Gasteiger partial charge in [-0.2, -0.15) is 0 Å². The Kier molecular flexibility index (Phi) is 5.91. The molecule has 2 aromatic rings. The number of fused-ring (bicyclic) bond motifs is 1. The van der Waals surface area contributed by atoms with Crippen LogP contribution >= 0.6 is 0 Å². The number of aromatic nitrogens is 1. The number of esters is 1. The van der Waals surface area contributed by atoms with Gasteiger partial charge in [0.1, 0.15) is 11.4 Å². The van der Waals surface area contributed by atoms with E-state index >= 15 is 0 Å². The molecule has 0 unspecified atom stereocenters. The molecule has 0 N–H and O–H groups in total. The molecule has 1 heterocycles. The van der Waals surface area contributed by atoms with Gasteiger partial charge in [-0.25, -0.2) is 9.79 Å². The number of ketones is 1. The van der Waals surface area contributed by atoms with E-state index in [2.05, 4.69) is 4.99 Å². The number of carbonyl (C=O) groups is 2. The Labute approximate surface area is 177 Å². The number of nitro groups is 1. The van der Waals surface area contributed by atoms with Crippen LogP contribution in [0.15, 0.2) is 35.0 Å². The topological polar surface area (TPSA) is 122 Å². The second-order valence-corrected chi connectivity index (χ2v) is 6.61. The molecule has 1 aliphatic rings. The summed E-state index contributed by atoms with van der Waals surface area (Å²) in [5.41, 5.74) is 1.08. The van der Waals surface area contributed by atoms with Gasteiger partial charge < -0.3 is 18.8 Å². The molecule has 0 atom stereocenters. The van der Waals surface area contributed by atoms with Crippen molar-refractivity contribution in [2.45, 2.75) is 13.8 Å². The number of aliphatic imine (C=N–C) groups is 1. The van der Waals surface area contributed by atoms with Gasteiger partial charge in [-0.1, -0.05) is 0 Å². The molecule has 0 amide bonds. The lowest BCUT2D eigenvalue weighted by Gasteiger charge is -2.16. The normalized spacial score (nSPS) is 14.2. The van der Waals surface area contributed by atoms with Gasteiger partial charge >= 0.3 is 5.97 Å². The first-order valence-electron chi connectivity index (χ1n) is 9.33. The second-order valence-electron chi connectivity index (χ2n) is 6.61. The molecule has 1 aromatic heterocycles. The number of methoxy groups -OCH3 is 2. The Hall–Kier alpha value is -3.95. The molecule has 162 valence electrons. The fourth-order valence-electron chi connectivity index (χ4n) is 3.40. The smallest absolute Gasteiger partial charge is 0.340 e. The van der Waals surface area contributed by atoms with Gasteiger partial charge in [0.2, 0.25) is 5.78 Å². The van der Waals surface area contributed by atoms with Crippen LogP contribution in [0.1, 0.15) is 39.0 Å². The van der Waals surface area contributed by atoms with Crippen LogP contribution in [-0.4, -0.2) is 47.8 Å². The summed E-state index contributed by atoms with van der Waals surface area (Å²) in [6, 6.07) is 4.25. The van der Waals surface area contributed by atoms with Crippen LogP contribution in [-0.2, 0) is 16.5 Å². The number of nitrogens with zero attached hydrogens (tertiary/aromatic N) is 3. The highest BCUT2D eigenvalue weighted by molar-refractivity contribution is 6.28. The first-order valence-corrected chi connectivity index (χ1v) is 9.33. The standard InChI is InChI=1S/C21H21N3O7/c1-6-31-21(26)17-11(2)23(3)19-14(10-16(30-5)20(25)18(17)19)22-13-8-7-12(29-4)9-15(13)24(27)28/h7-10H,6H2,1-5H3. The van der Waals surface area contributed by atoms with Crippen molar-refractivity contribution in [3.05, 3.63) is 62.7 Å². The molecule has 31 heavy (non-hydrogen) atoms. The van der Waals surface area contributed by atoms with Crippen molar-refractivity contribution in [1.29, 1.82) is 0 Å². The minimum atomic E-state index is -0.641. The molecule has 0 spiro atoms. The van der Waals surface area contributed by atoms with Gasteiger partial charge in [-0.3, -0.25) is 14.9 Å². The molecule has 0 saturated heterocycles. The summed E-state index contributed by atoms with van der Waals surface area (Å²) in [4.78, 5) is 41.0. The van der Waals surface area contributed by atoms with Gasteiger partial charge in [-0.05, 0) is 26.0 Å². The lowest BCUT2D eigenvalue weighted by molar-refractivity contribution is -0.384. The monoisotopic (exact) mass is 427 g/mol. The van der Waals surface area contributed by atoms with Gasteiger partial charge in [0, 0.05) is 18.8 Å². The van der Waals surface area contributed by atoms with Crippen LogP contribution in [0.25, 0.3) is 0 Å². The number of benzene rings is 1. The Morgan fingerprint density at radius 1 is 1.26 bits per heavy atom. The van der Waals surface area contributed by atoms with Gasteiger partial charge in [0.05, 0.1) is 54.3 Å². The molecule has 10 nitrogen and oxygen atoms in total. The van der Waals surface area contributed by atoms with Crippen LogP contribution in [0.5, 0.6) is 5.75 Å². The zero-order valence-corrected chi connectivity index (χ0v) is 17.7. The Balaban J connectivity index is 2.31. The van der Waals surface area contributed by atoms with Gasteiger partial charge in [0.25, 0.3) is 5.69 Å². The number of ether oxygens (including phenoxy) is 3. The van der Waals surface area contributed by atoms with E-state index in [4.69, 9.17) is 14.2 Å². The summed E-state index contributed by atoms with van der Waals surface area (Å²) >= 11 is 0. The largest absolute Gasteiger partial charge is 0.496 e. The fraction of sp³-hybridized carbons (Fsp3) is 0.286. The molecule has 1 aliphatic carbocycles. The molecule has 0 radical (unpaired) electrons. The van der Waals surface area contributed by atoms with Crippen LogP contribution in [0, 0.1) is 17.0 Å². The molecule has 10 heteroatoms. The zero-order chi connectivity index (χ0) is 22.9. The number of nitro benzene ring substituents is 1. The fourth-order valence-corrected chi connectivity index (χ4v) is 3.40. The van der Waals surface area contributed by atoms with E-state index < -0.39 is 16.7 Å². The summed E-state index contributed by atoms with van der Waals surface area (Å²) < 4.78 is 17.0. The van der Waals surface area contributed by atoms with Crippen LogP contribution in [0.4, 0.5) is 11.4 Å². The molecular formula is C21H21N3O7. The van der Waals surface area contributed by atoms with Crippen LogP contribution in [0.3, 0.4) is 0 Å². The maximum atomic E-state index is 13.0. The van der Waals surface area contributed by atoms with E-state index in [1.807, 2.05) is 0 Å². The van der Waals surface area contributed by atoms with Crippen LogP contribution in [0.2, 0.25) is 0 Å². The Morgan fingerprint density at radius 3 is 2.55 bits per heavy atom. The molecule has 0 bridgehead atoms. The third-order valence-electron chi connectivity index (χ3n) is 4.97. The Bertz CT molecular complexity index is 1160. The van der Waals surface area contributed by atoms with E-state index in [0.29, 0.717) is 17.1 Å². The second kappa shape index (κ2) is 8.42. The first kappa shape index (κ1) is 21.8. The van der Waals surface area contributed by atoms with Crippen molar-refractivity contribution in [1.82, 2.24) is 4.57 Å². The molecule has 3 rings (SSSR count).